The molecule has 0 saturated carbocycles. The van der Waals surface area contributed by atoms with E-state index in [-0.39, 0.29) is 32.7 Å². The molecule has 1 aromatic heterocycles. The minimum Gasteiger partial charge on any atom is -0.333 e. The lowest BCUT2D eigenvalue weighted by Crippen LogP contribution is -2.54. The Morgan fingerprint density at radius 2 is 1.37 bits per heavy atom. The number of sulfonamides is 1. The first-order valence-electron chi connectivity index (χ1n) is 15.3. The van der Waals surface area contributed by atoms with Crippen LogP contribution >= 0.6 is 11.6 Å². The smallest absolute Gasteiger partial charge is 0.312 e. The highest BCUT2D eigenvalue weighted by atomic mass is 35.5. The van der Waals surface area contributed by atoms with Crippen LogP contribution in [0.25, 0.3) is 11.3 Å². The van der Waals surface area contributed by atoms with Crippen molar-refractivity contribution in [2.75, 3.05) is 33.2 Å². The number of hydrogen-bond acceptors (Lipinski definition) is 5. The lowest BCUT2D eigenvalue weighted by atomic mass is 9.95. The Kier molecular flexibility index (Phi) is 9.72. The standard InChI is InChI=1S/C35H40ClN5O4S/c1-23-24(2)26(4)33(27(5)25(23)3)46(44,45)41-18-16-39(17-19-41)35(43)34(42)38(6)20-30-22-40(21-29-14-10-11-15-31(29)36)37-32(30)28-12-8-7-9-13-28/h7-15,22H,16-21H2,1-6H3. The molecule has 9 nitrogen and oxygen atoms in total. The minimum absolute atomic E-state index is 0.114. The molecule has 1 fully saturated rings. The average Bonchev–Trinajstić information content (AvgIpc) is 3.45. The van der Waals surface area contributed by atoms with Crippen molar-refractivity contribution in [1.82, 2.24) is 23.9 Å². The molecular weight excluding hydrogens is 622 g/mol. The van der Waals surface area contributed by atoms with Crippen LogP contribution in [0.3, 0.4) is 0 Å². The zero-order valence-electron chi connectivity index (χ0n) is 27.2. The molecule has 0 radical (unpaired) electrons. The van der Waals surface area contributed by atoms with Crippen molar-refractivity contribution >= 4 is 33.4 Å². The highest BCUT2D eigenvalue weighted by Gasteiger charge is 2.35. The van der Waals surface area contributed by atoms with E-state index >= 15 is 0 Å². The van der Waals surface area contributed by atoms with Crippen LogP contribution in [0.2, 0.25) is 5.02 Å². The van der Waals surface area contributed by atoms with Crippen LogP contribution in [-0.2, 0) is 32.7 Å². The van der Waals surface area contributed by atoms with Crippen LogP contribution in [0.15, 0.2) is 65.7 Å². The zero-order valence-corrected chi connectivity index (χ0v) is 28.7. The first-order chi connectivity index (χ1) is 21.8. The third-order valence-electron chi connectivity index (χ3n) is 9.17. The Labute approximate surface area is 276 Å². The first-order valence-corrected chi connectivity index (χ1v) is 17.1. The summed E-state index contributed by atoms with van der Waals surface area (Å²) in [4.78, 5) is 29.9. The molecule has 0 bridgehead atoms. The summed E-state index contributed by atoms with van der Waals surface area (Å²) in [6.07, 6.45) is 1.88. The summed E-state index contributed by atoms with van der Waals surface area (Å²) in [5, 5.41) is 5.45. The van der Waals surface area contributed by atoms with Gasteiger partial charge in [-0.3, -0.25) is 14.3 Å². The molecule has 46 heavy (non-hydrogen) atoms. The van der Waals surface area contributed by atoms with Crippen molar-refractivity contribution in [2.24, 2.45) is 0 Å². The van der Waals surface area contributed by atoms with Crippen molar-refractivity contribution < 1.29 is 18.0 Å². The second-order valence-corrected chi connectivity index (χ2v) is 14.3. The van der Waals surface area contributed by atoms with Crippen molar-refractivity contribution in [3.8, 4) is 11.3 Å². The number of benzene rings is 3. The summed E-state index contributed by atoms with van der Waals surface area (Å²) in [5.41, 5.74) is 7.83. The van der Waals surface area contributed by atoms with Gasteiger partial charge in [0.15, 0.2) is 0 Å². The van der Waals surface area contributed by atoms with Gasteiger partial charge < -0.3 is 9.80 Å². The maximum atomic E-state index is 13.8. The summed E-state index contributed by atoms with van der Waals surface area (Å²) >= 11 is 6.40. The minimum atomic E-state index is -3.78. The van der Waals surface area contributed by atoms with E-state index in [0.29, 0.717) is 22.2 Å². The quantitative estimate of drug-likeness (QED) is 0.251. The number of carbonyl (C=O) groups is 2. The number of piperazine rings is 1. The molecule has 0 atom stereocenters. The molecule has 0 spiro atoms. The number of halogens is 1. The molecular formula is C35H40ClN5O4S. The number of aromatic nitrogens is 2. The van der Waals surface area contributed by atoms with Gasteiger partial charge in [-0.25, -0.2) is 8.42 Å². The Balaban J connectivity index is 1.29. The van der Waals surface area contributed by atoms with Gasteiger partial charge in [-0.15, -0.1) is 0 Å². The molecule has 242 valence electrons. The van der Waals surface area contributed by atoms with E-state index in [2.05, 4.69) is 0 Å². The maximum absolute atomic E-state index is 13.8. The Hall–Kier alpha value is -3.99. The van der Waals surface area contributed by atoms with E-state index in [4.69, 9.17) is 16.7 Å². The number of hydrogen-bond donors (Lipinski definition) is 0. The normalized spacial score (nSPS) is 14.0. The Morgan fingerprint density at radius 1 is 0.804 bits per heavy atom. The maximum Gasteiger partial charge on any atom is 0.312 e. The van der Waals surface area contributed by atoms with Crippen LogP contribution < -0.4 is 0 Å². The lowest BCUT2D eigenvalue weighted by molar-refractivity contribution is -0.152. The van der Waals surface area contributed by atoms with Gasteiger partial charge in [0.05, 0.1) is 17.1 Å². The van der Waals surface area contributed by atoms with Crippen molar-refractivity contribution in [3.05, 3.63) is 105 Å². The van der Waals surface area contributed by atoms with Gasteiger partial charge in [0.25, 0.3) is 0 Å². The van der Waals surface area contributed by atoms with Gasteiger partial charge in [0.2, 0.25) is 10.0 Å². The SMILES string of the molecule is Cc1c(C)c(C)c(S(=O)(=O)N2CCN(C(=O)C(=O)N(C)Cc3cn(Cc4ccccc4Cl)nc3-c3ccccc3)CC2)c(C)c1C. The number of likely N-dealkylation sites (N-methyl/N-ethyl adjacent to an activating group) is 1. The third kappa shape index (κ3) is 6.47. The van der Waals surface area contributed by atoms with Crippen LogP contribution in [0.1, 0.15) is 38.9 Å². The van der Waals surface area contributed by atoms with Gasteiger partial charge >= 0.3 is 11.8 Å². The predicted octanol–water partition coefficient (Wildman–Crippen LogP) is 5.29. The number of nitrogens with zero attached hydrogens (tertiary/aromatic N) is 5. The molecule has 11 heteroatoms. The van der Waals surface area contributed by atoms with Gasteiger partial charge in [0.1, 0.15) is 0 Å². The highest BCUT2D eigenvalue weighted by molar-refractivity contribution is 7.89. The van der Waals surface area contributed by atoms with Crippen molar-refractivity contribution in [1.29, 1.82) is 0 Å². The van der Waals surface area contributed by atoms with E-state index in [1.165, 1.54) is 14.1 Å². The van der Waals surface area contributed by atoms with Crippen molar-refractivity contribution in [2.45, 2.75) is 52.6 Å². The molecule has 0 unspecified atom stereocenters. The van der Waals surface area contributed by atoms with Gasteiger partial charge in [-0.2, -0.15) is 9.40 Å². The summed E-state index contributed by atoms with van der Waals surface area (Å²) < 4.78 is 30.8. The monoisotopic (exact) mass is 661 g/mol. The molecule has 4 aromatic rings. The van der Waals surface area contributed by atoms with E-state index in [9.17, 15) is 18.0 Å². The summed E-state index contributed by atoms with van der Waals surface area (Å²) in [7, 11) is -2.19. The molecule has 1 saturated heterocycles. The first kappa shape index (κ1) is 33.4. The zero-order chi connectivity index (χ0) is 33.3. The Bertz CT molecular complexity index is 1870. The topological polar surface area (TPSA) is 95.8 Å². The molecule has 5 rings (SSSR count). The van der Waals surface area contributed by atoms with E-state index < -0.39 is 21.8 Å². The highest BCUT2D eigenvalue weighted by Crippen LogP contribution is 2.32. The van der Waals surface area contributed by atoms with Crippen LogP contribution in [0.4, 0.5) is 0 Å². The summed E-state index contributed by atoms with van der Waals surface area (Å²) in [6.45, 7) is 10.7. The molecule has 1 aliphatic rings. The predicted molar refractivity (Wildman–Crippen MR) is 180 cm³/mol. The Morgan fingerprint density at radius 3 is 1.98 bits per heavy atom. The van der Waals surface area contributed by atoms with E-state index in [1.807, 2.05) is 95.4 Å². The summed E-state index contributed by atoms with van der Waals surface area (Å²) in [6, 6.07) is 17.2. The number of carbonyl (C=O) groups excluding carboxylic acids is 2. The fourth-order valence-corrected chi connectivity index (χ4v) is 8.22. The van der Waals surface area contributed by atoms with E-state index in [0.717, 1.165) is 44.5 Å². The lowest BCUT2D eigenvalue weighted by Gasteiger charge is -2.35. The van der Waals surface area contributed by atoms with Gasteiger partial charge in [-0.05, 0) is 74.1 Å². The second kappa shape index (κ2) is 13.4. The molecule has 0 aliphatic carbocycles. The molecule has 2 heterocycles. The molecule has 1 aliphatic heterocycles. The van der Waals surface area contributed by atoms with E-state index in [1.54, 1.807) is 11.7 Å². The van der Waals surface area contributed by atoms with Crippen molar-refractivity contribution in [3.63, 3.8) is 0 Å². The van der Waals surface area contributed by atoms with Crippen LogP contribution in [-0.4, -0.2) is 77.3 Å². The number of amides is 2. The average molecular weight is 662 g/mol. The van der Waals surface area contributed by atoms with Crippen LogP contribution in [0.5, 0.6) is 0 Å². The number of rotatable bonds is 7. The fraction of sp³-hybridized carbons (Fsp3) is 0.343. The fourth-order valence-electron chi connectivity index (χ4n) is 6.04. The van der Waals surface area contributed by atoms with Gasteiger partial charge in [0, 0.05) is 62.1 Å². The van der Waals surface area contributed by atoms with Gasteiger partial charge in [-0.1, -0.05) is 60.1 Å². The molecule has 3 aromatic carbocycles. The molecule has 2 amide bonds. The summed E-state index contributed by atoms with van der Waals surface area (Å²) in [5.74, 6) is -1.32. The second-order valence-electron chi connectivity index (χ2n) is 12.0. The van der Waals surface area contributed by atoms with Crippen LogP contribution in [0, 0.1) is 34.6 Å². The largest absolute Gasteiger partial charge is 0.333 e. The third-order valence-corrected chi connectivity index (χ3v) is 11.7. The molecule has 0 N–H and O–H groups in total.